The summed E-state index contributed by atoms with van der Waals surface area (Å²) < 4.78 is 43.4. The number of aromatic nitrogens is 3. The van der Waals surface area contributed by atoms with Crippen LogP contribution in [0.5, 0.6) is 5.75 Å². The van der Waals surface area contributed by atoms with Gasteiger partial charge in [0.2, 0.25) is 0 Å². The Balaban J connectivity index is 1.83. The zero-order chi connectivity index (χ0) is 19.6. The van der Waals surface area contributed by atoms with Gasteiger partial charge in [-0.15, -0.1) is 13.2 Å². The van der Waals surface area contributed by atoms with Crippen LogP contribution in [-0.2, 0) is 0 Å². The molecule has 140 valence electrons. The summed E-state index contributed by atoms with van der Waals surface area (Å²) in [6, 6.07) is 19.1. The van der Waals surface area contributed by atoms with Crippen molar-refractivity contribution in [1.29, 1.82) is 0 Å². The average Bonchev–Trinajstić information content (AvgIpc) is 3.04. The molecule has 0 N–H and O–H groups in total. The van der Waals surface area contributed by atoms with Crippen LogP contribution >= 0.6 is 0 Å². The molecule has 2 aromatic carbocycles. The highest BCUT2D eigenvalue weighted by Gasteiger charge is 2.31. The molecule has 0 saturated carbocycles. The van der Waals surface area contributed by atoms with Crippen LogP contribution in [0.2, 0.25) is 0 Å². The van der Waals surface area contributed by atoms with Crippen LogP contribution in [0, 0.1) is 0 Å². The van der Waals surface area contributed by atoms with E-state index >= 15 is 0 Å². The Labute approximate surface area is 158 Å². The summed E-state index contributed by atoms with van der Waals surface area (Å²) >= 11 is 0. The molecule has 0 aliphatic carbocycles. The molecule has 0 spiro atoms. The number of benzene rings is 2. The standard InChI is InChI=1S/C21H14F3N3O/c22-21(23,24)28-16-10-11-18-17(14-16)26-20(12-9-15-6-2-1-3-7-15)27(18)19-8-4-5-13-25-19/h1-14H/b12-9+. The number of fused-ring (bicyclic) bond motifs is 1. The molecule has 2 heterocycles. The lowest BCUT2D eigenvalue weighted by atomic mass is 10.2. The Morgan fingerprint density at radius 3 is 2.39 bits per heavy atom. The summed E-state index contributed by atoms with van der Waals surface area (Å²) in [6.07, 6.45) is 0.572. The molecule has 4 aromatic rings. The van der Waals surface area contributed by atoms with E-state index in [-0.39, 0.29) is 5.75 Å². The van der Waals surface area contributed by atoms with Crippen molar-refractivity contribution in [3.8, 4) is 11.6 Å². The average molecular weight is 381 g/mol. The van der Waals surface area contributed by atoms with E-state index in [1.165, 1.54) is 18.2 Å². The summed E-state index contributed by atoms with van der Waals surface area (Å²) in [4.78, 5) is 8.83. The largest absolute Gasteiger partial charge is 0.573 e. The van der Waals surface area contributed by atoms with Gasteiger partial charge in [-0.3, -0.25) is 4.57 Å². The second-order valence-corrected chi connectivity index (χ2v) is 5.94. The molecule has 0 fully saturated rings. The lowest BCUT2D eigenvalue weighted by Gasteiger charge is -2.09. The Bertz CT molecular complexity index is 1120. The predicted octanol–water partition coefficient (Wildman–Crippen LogP) is 5.49. The third kappa shape index (κ3) is 3.88. The fourth-order valence-electron chi connectivity index (χ4n) is 2.85. The highest BCUT2D eigenvalue weighted by molar-refractivity contribution is 5.83. The van der Waals surface area contributed by atoms with E-state index in [4.69, 9.17) is 0 Å². The van der Waals surface area contributed by atoms with Gasteiger partial charge in [0.15, 0.2) is 0 Å². The Kier molecular flexibility index (Phi) is 4.57. The first-order valence-electron chi connectivity index (χ1n) is 8.42. The molecule has 2 aromatic heterocycles. The maximum absolute atomic E-state index is 12.5. The zero-order valence-corrected chi connectivity index (χ0v) is 14.5. The molecular formula is C21H14F3N3O. The molecule has 4 rings (SSSR count). The molecule has 0 bridgehead atoms. The van der Waals surface area contributed by atoms with Crippen LogP contribution < -0.4 is 4.74 Å². The van der Waals surface area contributed by atoms with Crippen LogP contribution in [0.3, 0.4) is 0 Å². The molecule has 0 saturated heterocycles. The number of nitrogens with zero attached hydrogens (tertiary/aromatic N) is 3. The number of halogens is 3. The van der Waals surface area contributed by atoms with Crippen LogP contribution in [0.1, 0.15) is 11.4 Å². The second kappa shape index (κ2) is 7.19. The smallest absolute Gasteiger partial charge is 0.406 e. The third-order valence-electron chi connectivity index (χ3n) is 3.99. The van der Waals surface area contributed by atoms with Crippen molar-refractivity contribution in [1.82, 2.24) is 14.5 Å². The van der Waals surface area contributed by atoms with E-state index in [0.717, 1.165) is 5.56 Å². The molecule has 0 unspecified atom stereocenters. The monoisotopic (exact) mass is 381 g/mol. The molecule has 0 atom stereocenters. The van der Waals surface area contributed by atoms with Crippen molar-refractivity contribution >= 4 is 23.2 Å². The summed E-state index contributed by atoms with van der Waals surface area (Å²) in [6.45, 7) is 0. The topological polar surface area (TPSA) is 39.9 Å². The minimum Gasteiger partial charge on any atom is -0.406 e. The molecule has 4 nitrogen and oxygen atoms in total. The summed E-state index contributed by atoms with van der Waals surface area (Å²) in [5.74, 6) is 0.841. The van der Waals surface area contributed by atoms with Crippen LogP contribution in [0.15, 0.2) is 72.9 Å². The first kappa shape index (κ1) is 17.8. The van der Waals surface area contributed by atoms with Gasteiger partial charge in [-0.1, -0.05) is 42.5 Å². The Hall–Kier alpha value is -3.61. The molecule has 0 amide bonds. The summed E-state index contributed by atoms with van der Waals surface area (Å²) in [5.41, 5.74) is 1.98. The molecule has 0 radical (unpaired) electrons. The minimum absolute atomic E-state index is 0.316. The van der Waals surface area contributed by atoms with Gasteiger partial charge in [-0.05, 0) is 35.9 Å². The highest BCUT2D eigenvalue weighted by Crippen LogP contribution is 2.28. The number of ether oxygens (including phenoxy) is 1. The number of hydrogen-bond donors (Lipinski definition) is 0. The van der Waals surface area contributed by atoms with E-state index in [0.29, 0.717) is 22.7 Å². The van der Waals surface area contributed by atoms with E-state index in [2.05, 4.69) is 14.7 Å². The van der Waals surface area contributed by atoms with Crippen LogP contribution in [0.25, 0.3) is 29.0 Å². The fraction of sp³-hybridized carbons (Fsp3) is 0.0476. The molecule has 28 heavy (non-hydrogen) atoms. The number of imidazole rings is 1. The number of rotatable bonds is 4. The fourth-order valence-corrected chi connectivity index (χ4v) is 2.85. The minimum atomic E-state index is -4.76. The van der Waals surface area contributed by atoms with Crippen molar-refractivity contribution in [2.45, 2.75) is 6.36 Å². The normalized spacial score (nSPS) is 12.0. The molecule has 7 heteroatoms. The lowest BCUT2D eigenvalue weighted by molar-refractivity contribution is -0.274. The van der Waals surface area contributed by atoms with Gasteiger partial charge < -0.3 is 4.74 Å². The van der Waals surface area contributed by atoms with Crippen molar-refractivity contribution in [3.05, 3.63) is 84.3 Å². The molecule has 0 aliphatic heterocycles. The Morgan fingerprint density at radius 1 is 0.893 bits per heavy atom. The maximum Gasteiger partial charge on any atom is 0.573 e. The maximum atomic E-state index is 12.5. The summed E-state index contributed by atoms with van der Waals surface area (Å²) in [5, 5.41) is 0. The van der Waals surface area contributed by atoms with E-state index in [1.54, 1.807) is 29.0 Å². The van der Waals surface area contributed by atoms with E-state index in [9.17, 15) is 13.2 Å². The first-order chi connectivity index (χ1) is 13.5. The number of alkyl halides is 3. The predicted molar refractivity (Wildman–Crippen MR) is 101 cm³/mol. The van der Waals surface area contributed by atoms with Crippen molar-refractivity contribution in [3.63, 3.8) is 0 Å². The van der Waals surface area contributed by atoms with Gasteiger partial charge in [-0.2, -0.15) is 0 Å². The van der Waals surface area contributed by atoms with Gasteiger partial charge in [0.1, 0.15) is 17.4 Å². The Morgan fingerprint density at radius 2 is 1.68 bits per heavy atom. The molecule has 0 aliphatic rings. The SMILES string of the molecule is FC(F)(F)Oc1ccc2c(c1)nc(/C=C/c1ccccc1)n2-c1ccccn1. The zero-order valence-electron chi connectivity index (χ0n) is 14.5. The van der Waals surface area contributed by atoms with E-state index in [1.807, 2.05) is 42.5 Å². The van der Waals surface area contributed by atoms with Gasteiger partial charge in [-0.25, -0.2) is 9.97 Å². The lowest BCUT2D eigenvalue weighted by Crippen LogP contribution is -2.17. The third-order valence-corrected chi connectivity index (χ3v) is 3.99. The summed E-state index contributed by atoms with van der Waals surface area (Å²) in [7, 11) is 0. The van der Waals surface area contributed by atoms with Gasteiger partial charge >= 0.3 is 6.36 Å². The van der Waals surface area contributed by atoms with Crippen molar-refractivity contribution in [2.75, 3.05) is 0 Å². The van der Waals surface area contributed by atoms with Crippen molar-refractivity contribution in [2.24, 2.45) is 0 Å². The first-order valence-corrected chi connectivity index (χ1v) is 8.42. The highest BCUT2D eigenvalue weighted by atomic mass is 19.4. The quantitative estimate of drug-likeness (QED) is 0.469. The van der Waals surface area contributed by atoms with Crippen LogP contribution in [0.4, 0.5) is 13.2 Å². The van der Waals surface area contributed by atoms with E-state index < -0.39 is 6.36 Å². The van der Waals surface area contributed by atoms with Crippen molar-refractivity contribution < 1.29 is 17.9 Å². The van der Waals surface area contributed by atoms with Gasteiger partial charge in [0.25, 0.3) is 0 Å². The second-order valence-electron chi connectivity index (χ2n) is 5.94. The van der Waals surface area contributed by atoms with Gasteiger partial charge in [0.05, 0.1) is 11.0 Å². The van der Waals surface area contributed by atoms with Gasteiger partial charge in [0, 0.05) is 12.3 Å². The number of hydrogen-bond acceptors (Lipinski definition) is 3. The van der Waals surface area contributed by atoms with Crippen LogP contribution in [-0.4, -0.2) is 20.9 Å². The number of pyridine rings is 1. The molecular weight excluding hydrogens is 367 g/mol.